The number of nitrogens with one attached hydrogen (secondary N) is 1. The normalized spacial score (nSPS) is 12.4. The monoisotopic (exact) mass is 403 g/mol. The van der Waals surface area contributed by atoms with Crippen LogP contribution in [0.3, 0.4) is 0 Å². The number of benzene rings is 1. The van der Waals surface area contributed by atoms with Gasteiger partial charge in [0.15, 0.2) is 0 Å². The molecule has 1 atom stereocenters. The molecule has 2 aromatic rings. The largest absolute Gasteiger partial charge is 0.495 e. The Kier molecular flexibility index (Phi) is 5.45. The summed E-state index contributed by atoms with van der Waals surface area (Å²) in [6.45, 7) is 2.94. The fourth-order valence-corrected chi connectivity index (χ4v) is 4.11. The second kappa shape index (κ2) is 6.88. The molecule has 0 fully saturated rings. The van der Waals surface area contributed by atoms with Crippen LogP contribution in [-0.2, 0) is 6.54 Å². The predicted molar refractivity (Wildman–Crippen MR) is 88.0 cm³/mol. The highest BCUT2D eigenvalue weighted by Gasteiger charge is 2.11. The van der Waals surface area contributed by atoms with Crippen molar-refractivity contribution < 1.29 is 4.74 Å². The number of rotatable bonds is 5. The summed E-state index contributed by atoms with van der Waals surface area (Å²) in [4.78, 5) is 1.34. The minimum absolute atomic E-state index is 0.336. The molecule has 0 amide bonds. The number of halogens is 2. The summed E-state index contributed by atoms with van der Waals surface area (Å²) in [5.74, 6) is 0.883. The van der Waals surface area contributed by atoms with Gasteiger partial charge in [-0.2, -0.15) is 0 Å². The topological polar surface area (TPSA) is 21.3 Å². The lowest BCUT2D eigenvalue weighted by molar-refractivity contribution is 0.403. The van der Waals surface area contributed by atoms with Gasteiger partial charge in [0.05, 0.1) is 11.6 Å². The van der Waals surface area contributed by atoms with E-state index < -0.39 is 0 Å². The molecule has 0 bridgehead atoms. The van der Waals surface area contributed by atoms with Gasteiger partial charge < -0.3 is 10.1 Å². The van der Waals surface area contributed by atoms with Crippen molar-refractivity contribution in [2.24, 2.45) is 0 Å². The fourth-order valence-electron chi connectivity index (χ4n) is 1.87. The summed E-state index contributed by atoms with van der Waals surface area (Å²) in [5.41, 5.74) is 1.13. The molecule has 102 valence electrons. The summed E-state index contributed by atoms with van der Waals surface area (Å²) in [6, 6.07) is 8.63. The molecule has 0 aliphatic carbocycles. The van der Waals surface area contributed by atoms with Crippen LogP contribution in [0.5, 0.6) is 5.75 Å². The molecule has 2 rings (SSSR count). The van der Waals surface area contributed by atoms with Gasteiger partial charge in [-0.1, -0.05) is 22.0 Å². The molecule has 19 heavy (non-hydrogen) atoms. The maximum absolute atomic E-state index is 5.45. The third kappa shape index (κ3) is 3.81. The van der Waals surface area contributed by atoms with Gasteiger partial charge in [0.25, 0.3) is 0 Å². The highest BCUT2D eigenvalue weighted by atomic mass is 79.9. The third-order valence-corrected chi connectivity index (χ3v) is 4.96. The van der Waals surface area contributed by atoms with Crippen LogP contribution in [0.25, 0.3) is 0 Å². The van der Waals surface area contributed by atoms with E-state index in [1.165, 1.54) is 4.88 Å². The maximum atomic E-state index is 5.45. The molecular formula is C14H15Br2NOS. The molecule has 0 saturated heterocycles. The summed E-state index contributed by atoms with van der Waals surface area (Å²) in [6.07, 6.45) is 0. The standard InChI is InChI=1S/C14H15Br2NOS/c1-9(13-4-3-5-19-13)17-8-10-6-11(15)7-12(16)14(10)18-2/h3-7,9,17H,8H2,1-2H3. The third-order valence-electron chi connectivity index (χ3n) is 2.86. The van der Waals surface area contributed by atoms with Gasteiger partial charge in [-0.3, -0.25) is 0 Å². The fraction of sp³-hybridized carbons (Fsp3) is 0.286. The van der Waals surface area contributed by atoms with Gasteiger partial charge in [-0.25, -0.2) is 0 Å². The second-order valence-electron chi connectivity index (χ2n) is 4.20. The SMILES string of the molecule is COc1c(Br)cc(Br)cc1CNC(C)c1cccs1. The Hall–Kier alpha value is -0.360. The first-order chi connectivity index (χ1) is 9.11. The Balaban J connectivity index is 2.11. The lowest BCUT2D eigenvalue weighted by Crippen LogP contribution is -2.17. The van der Waals surface area contributed by atoms with Crippen molar-refractivity contribution in [2.45, 2.75) is 19.5 Å². The summed E-state index contributed by atoms with van der Waals surface area (Å²) < 4.78 is 7.45. The van der Waals surface area contributed by atoms with Crippen LogP contribution < -0.4 is 10.1 Å². The number of methoxy groups -OCH3 is 1. The van der Waals surface area contributed by atoms with Crippen LogP contribution in [0.1, 0.15) is 23.4 Å². The van der Waals surface area contributed by atoms with Crippen LogP contribution >= 0.6 is 43.2 Å². The zero-order chi connectivity index (χ0) is 13.8. The molecule has 0 radical (unpaired) electrons. The van der Waals surface area contributed by atoms with Crippen molar-refractivity contribution in [3.63, 3.8) is 0 Å². The van der Waals surface area contributed by atoms with Crippen molar-refractivity contribution in [2.75, 3.05) is 7.11 Å². The van der Waals surface area contributed by atoms with Gasteiger partial charge in [0.2, 0.25) is 0 Å². The minimum atomic E-state index is 0.336. The first-order valence-electron chi connectivity index (χ1n) is 5.90. The highest BCUT2D eigenvalue weighted by Crippen LogP contribution is 2.33. The van der Waals surface area contributed by atoms with Crippen molar-refractivity contribution in [3.05, 3.63) is 49.0 Å². The van der Waals surface area contributed by atoms with Gasteiger partial charge in [-0.05, 0) is 46.4 Å². The lowest BCUT2D eigenvalue weighted by Gasteiger charge is -2.15. The molecule has 0 aliphatic rings. The Labute approximate surface area is 134 Å². The number of hydrogen-bond donors (Lipinski definition) is 1. The molecule has 0 spiro atoms. The van der Waals surface area contributed by atoms with Gasteiger partial charge in [0, 0.05) is 27.5 Å². The predicted octanol–water partition coefficient (Wildman–Crippen LogP) is 5.13. The quantitative estimate of drug-likeness (QED) is 0.745. The van der Waals surface area contributed by atoms with Crippen LogP contribution in [0.2, 0.25) is 0 Å². The van der Waals surface area contributed by atoms with Gasteiger partial charge in [-0.15, -0.1) is 11.3 Å². The van der Waals surface area contributed by atoms with Crippen molar-refractivity contribution >= 4 is 43.2 Å². The van der Waals surface area contributed by atoms with Crippen LogP contribution in [-0.4, -0.2) is 7.11 Å². The van der Waals surface area contributed by atoms with E-state index in [0.717, 1.165) is 26.8 Å². The average molecular weight is 405 g/mol. The number of hydrogen-bond acceptors (Lipinski definition) is 3. The smallest absolute Gasteiger partial charge is 0.137 e. The number of thiophene rings is 1. The molecule has 0 aliphatic heterocycles. The van der Waals surface area contributed by atoms with E-state index >= 15 is 0 Å². The van der Waals surface area contributed by atoms with Crippen molar-refractivity contribution in [3.8, 4) is 5.75 Å². The zero-order valence-corrected chi connectivity index (χ0v) is 14.7. The summed E-state index contributed by atoms with van der Waals surface area (Å²) in [5, 5.41) is 5.62. The molecule has 1 unspecified atom stereocenters. The average Bonchev–Trinajstić information content (AvgIpc) is 2.89. The van der Waals surface area contributed by atoms with Gasteiger partial charge >= 0.3 is 0 Å². The second-order valence-corrected chi connectivity index (χ2v) is 6.95. The molecule has 1 N–H and O–H groups in total. The Bertz CT molecular complexity index is 543. The van der Waals surface area contributed by atoms with E-state index in [9.17, 15) is 0 Å². The summed E-state index contributed by atoms with van der Waals surface area (Å²) in [7, 11) is 1.69. The summed E-state index contributed by atoms with van der Waals surface area (Å²) >= 11 is 8.80. The Morgan fingerprint density at radius 1 is 1.37 bits per heavy atom. The van der Waals surface area contributed by atoms with Crippen molar-refractivity contribution in [1.29, 1.82) is 0 Å². The molecule has 1 aromatic heterocycles. The first kappa shape index (κ1) is 15.0. The highest BCUT2D eigenvalue weighted by molar-refractivity contribution is 9.11. The van der Waals surface area contributed by atoms with E-state index in [1.807, 2.05) is 6.07 Å². The molecule has 5 heteroatoms. The Morgan fingerprint density at radius 2 is 2.16 bits per heavy atom. The van der Waals surface area contributed by atoms with E-state index in [0.29, 0.717) is 6.04 Å². The maximum Gasteiger partial charge on any atom is 0.137 e. The van der Waals surface area contributed by atoms with E-state index in [1.54, 1.807) is 18.4 Å². The lowest BCUT2D eigenvalue weighted by atomic mass is 10.2. The van der Waals surface area contributed by atoms with Gasteiger partial charge in [0.1, 0.15) is 5.75 Å². The minimum Gasteiger partial charge on any atom is -0.495 e. The molecule has 1 aromatic carbocycles. The van der Waals surface area contributed by atoms with E-state index in [2.05, 4.69) is 67.7 Å². The van der Waals surface area contributed by atoms with Crippen molar-refractivity contribution in [1.82, 2.24) is 5.32 Å². The molecular weight excluding hydrogens is 390 g/mol. The molecule has 1 heterocycles. The Morgan fingerprint density at radius 3 is 2.79 bits per heavy atom. The zero-order valence-electron chi connectivity index (χ0n) is 10.7. The van der Waals surface area contributed by atoms with Crippen LogP contribution in [0.15, 0.2) is 38.6 Å². The van der Waals surface area contributed by atoms with Crippen LogP contribution in [0, 0.1) is 0 Å². The molecule has 0 saturated carbocycles. The molecule has 2 nitrogen and oxygen atoms in total. The van der Waals surface area contributed by atoms with Crippen LogP contribution in [0.4, 0.5) is 0 Å². The van der Waals surface area contributed by atoms with E-state index in [4.69, 9.17) is 4.74 Å². The van der Waals surface area contributed by atoms with E-state index in [-0.39, 0.29) is 0 Å². The number of ether oxygens (including phenoxy) is 1. The first-order valence-corrected chi connectivity index (χ1v) is 8.37.